The molecule has 3 aromatic rings. The monoisotopic (exact) mass is 553 g/mol. The van der Waals surface area contributed by atoms with Gasteiger partial charge in [-0.25, -0.2) is 0 Å². The topological polar surface area (TPSA) is 87.7 Å². The van der Waals surface area contributed by atoms with Crippen LogP contribution in [0.5, 0.6) is 5.75 Å². The van der Waals surface area contributed by atoms with Gasteiger partial charge in [-0.3, -0.25) is 19.6 Å². The Labute approximate surface area is 242 Å². The number of nitrogens with zero attached hydrogens (tertiary/aromatic N) is 4. The number of benzene rings is 1. The molecule has 1 aromatic carbocycles. The molecular weight excluding hydrogens is 514 g/mol. The number of amides is 2. The van der Waals surface area contributed by atoms with Crippen molar-refractivity contribution in [3.8, 4) is 17.0 Å². The van der Waals surface area contributed by atoms with Gasteiger partial charge in [0.25, 0.3) is 5.91 Å². The number of likely N-dealkylation sites (tertiary alicyclic amines) is 1. The van der Waals surface area contributed by atoms with E-state index >= 15 is 0 Å². The lowest BCUT2D eigenvalue weighted by Crippen LogP contribution is -2.35. The molecule has 8 nitrogen and oxygen atoms in total. The number of anilines is 1. The van der Waals surface area contributed by atoms with Crippen molar-refractivity contribution in [2.75, 3.05) is 38.6 Å². The highest BCUT2D eigenvalue weighted by molar-refractivity contribution is 5.94. The van der Waals surface area contributed by atoms with Crippen molar-refractivity contribution >= 4 is 23.6 Å². The maximum atomic E-state index is 12.9. The van der Waals surface area contributed by atoms with Crippen LogP contribution in [0.1, 0.15) is 66.2 Å². The molecule has 4 heterocycles. The van der Waals surface area contributed by atoms with Gasteiger partial charge in [0.1, 0.15) is 11.9 Å². The fourth-order valence-corrected chi connectivity index (χ4v) is 5.28. The van der Waals surface area contributed by atoms with Crippen LogP contribution in [0.3, 0.4) is 0 Å². The molecule has 8 heteroatoms. The van der Waals surface area contributed by atoms with Gasteiger partial charge in [0.2, 0.25) is 5.91 Å². The van der Waals surface area contributed by atoms with Gasteiger partial charge in [0.05, 0.1) is 23.5 Å². The number of aromatic nitrogens is 2. The Morgan fingerprint density at radius 1 is 1.07 bits per heavy atom. The van der Waals surface area contributed by atoms with Crippen molar-refractivity contribution in [2.24, 2.45) is 0 Å². The van der Waals surface area contributed by atoms with Crippen molar-refractivity contribution in [3.05, 3.63) is 77.3 Å². The fourth-order valence-electron chi connectivity index (χ4n) is 5.28. The maximum absolute atomic E-state index is 12.9. The molecule has 1 fully saturated rings. The normalized spacial score (nSPS) is 16.5. The number of ether oxygens (including phenoxy) is 1. The van der Waals surface area contributed by atoms with E-state index in [0.717, 1.165) is 65.4 Å². The molecule has 1 saturated heterocycles. The highest BCUT2D eigenvalue weighted by Gasteiger charge is 2.28. The number of nitrogens with one attached hydrogen (secondary N) is 1. The zero-order valence-corrected chi connectivity index (χ0v) is 24.4. The summed E-state index contributed by atoms with van der Waals surface area (Å²) in [6, 6.07) is 11.9. The molecule has 2 aromatic heterocycles. The summed E-state index contributed by atoms with van der Waals surface area (Å²) in [5, 5.41) is 2.97. The van der Waals surface area contributed by atoms with E-state index in [1.54, 1.807) is 18.5 Å². The van der Waals surface area contributed by atoms with Crippen molar-refractivity contribution in [1.82, 2.24) is 20.2 Å². The van der Waals surface area contributed by atoms with Gasteiger partial charge in [-0.1, -0.05) is 19.9 Å². The molecule has 0 saturated carbocycles. The van der Waals surface area contributed by atoms with Crippen molar-refractivity contribution in [2.45, 2.75) is 51.6 Å². The first kappa shape index (κ1) is 28.3. The molecular formula is C33H39N5O3. The summed E-state index contributed by atoms with van der Waals surface area (Å²) in [5.74, 6) is 1.09. The largest absolute Gasteiger partial charge is 0.486 e. The van der Waals surface area contributed by atoms with E-state index in [9.17, 15) is 9.59 Å². The Bertz CT molecular complexity index is 1410. The lowest BCUT2D eigenvalue weighted by molar-refractivity contribution is -0.116. The van der Waals surface area contributed by atoms with Gasteiger partial charge in [0, 0.05) is 68.9 Å². The number of hydrogen-bond donors (Lipinski definition) is 1. The average Bonchev–Trinajstić information content (AvgIpc) is 3.42. The number of pyridine rings is 2. The van der Waals surface area contributed by atoms with E-state index in [4.69, 9.17) is 4.74 Å². The van der Waals surface area contributed by atoms with Crippen molar-refractivity contribution in [1.29, 1.82) is 0 Å². The summed E-state index contributed by atoms with van der Waals surface area (Å²) in [5.41, 5.74) is 6.35. The zero-order valence-electron chi connectivity index (χ0n) is 24.4. The zero-order chi connectivity index (χ0) is 28.9. The SMILES string of the molecule is CC(C)c1ccc(/C=C/C(=O)NCC2Cc3cc(-c4ccc(C(=O)N5CCCCC5)cn4)cc(N(C)C)c3O2)cn1. The molecule has 214 valence electrons. The minimum absolute atomic E-state index is 0.0560. The lowest BCUT2D eigenvalue weighted by Gasteiger charge is -2.26. The van der Waals surface area contributed by atoms with E-state index in [1.807, 2.05) is 48.2 Å². The predicted molar refractivity (Wildman–Crippen MR) is 162 cm³/mol. The summed E-state index contributed by atoms with van der Waals surface area (Å²) in [4.78, 5) is 38.4. The van der Waals surface area contributed by atoms with Crippen LogP contribution in [0, 0.1) is 0 Å². The van der Waals surface area contributed by atoms with Gasteiger partial charge in [-0.05, 0) is 67.2 Å². The minimum atomic E-state index is -0.172. The first-order chi connectivity index (χ1) is 19.8. The Hall–Kier alpha value is -4.20. The smallest absolute Gasteiger partial charge is 0.255 e. The first-order valence-electron chi connectivity index (χ1n) is 14.5. The van der Waals surface area contributed by atoms with Crippen LogP contribution in [-0.2, 0) is 11.2 Å². The Morgan fingerprint density at radius 2 is 1.88 bits per heavy atom. The average molecular weight is 554 g/mol. The van der Waals surface area contributed by atoms with Crippen LogP contribution >= 0.6 is 0 Å². The number of fused-ring (bicyclic) bond motifs is 1. The molecule has 5 rings (SSSR count). The molecule has 1 atom stereocenters. The number of hydrogen-bond acceptors (Lipinski definition) is 6. The van der Waals surface area contributed by atoms with Gasteiger partial charge < -0.3 is 19.9 Å². The summed E-state index contributed by atoms with van der Waals surface area (Å²) in [7, 11) is 3.97. The van der Waals surface area contributed by atoms with Crippen molar-refractivity contribution in [3.63, 3.8) is 0 Å². The van der Waals surface area contributed by atoms with E-state index in [0.29, 0.717) is 24.4 Å². The van der Waals surface area contributed by atoms with Crippen LogP contribution in [0.4, 0.5) is 5.69 Å². The molecule has 1 N–H and O–H groups in total. The minimum Gasteiger partial charge on any atom is -0.486 e. The Morgan fingerprint density at radius 3 is 2.54 bits per heavy atom. The van der Waals surface area contributed by atoms with Crippen LogP contribution in [0.15, 0.2) is 54.9 Å². The number of carbonyl (C=O) groups excluding carboxylic acids is 2. The fraction of sp³-hybridized carbons (Fsp3) is 0.394. The highest BCUT2D eigenvalue weighted by atomic mass is 16.5. The van der Waals surface area contributed by atoms with Gasteiger partial charge >= 0.3 is 0 Å². The molecule has 2 amide bonds. The van der Waals surface area contributed by atoms with Crippen molar-refractivity contribution < 1.29 is 14.3 Å². The third kappa shape index (κ3) is 6.76. The summed E-state index contributed by atoms with van der Waals surface area (Å²) in [6.07, 6.45) is 10.6. The van der Waals surface area contributed by atoms with Gasteiger partial charge in [-0.2, -0.15) is 0 Å². The van der Waals surface area contributed by atoms with E-state index in [1.165, 1.54) is 12.5 Å². The number of carbonyl (C=O) groups is 2. The Kier molecular flexibility index (Phi) is 8.67. The standard InChI is InChI=1S/C33H39N5O3/c1-22(2)28-11-8-23(19-34-28)9-13-31(39)36-21-27-17-26-16-25(18-30(37(3)4)32(26)41-27)29-12-10-24(20-35-29)33(40)38-14-6-5-7-15-38/h8-13,16,18-20,22,27H,5-7,14-15,17,21H2,1-4H3,(H,36,39)/b13-9+. The summed E-state index contributed by atoms with van der Waals surface area (Å²) < 4.78 is 6.30. The molecule has 1 unspecified atom stereocenters. The number of rotatable bonds is 8. The van der Waals surface area contributed by atoms with E-state index in [2.05, 4.69) is 41.3 Å². The molecule has 0 spiro atoms. The second-order valence-corrected chi connectivity index (χ2v) is 11.4. The van der Waals surface area contributed by atoms with Gasteiger partial charge in [-0.15, -0.1) is 0 Å². The maximum Gasteiger partial charge on any atom is 0.255 e. The summed E-state index contributed by atoms with van der Waals surface area (Å²) >= 11 is 0. The second-order valence-electron chi connectivity index (χ2n) is 11.4. The van der Waals surface area contributed by atoms with Crippen LogP contribution in [-0.4, -0.2) is 66.5 Å². The van der Waals surface area contributed by atoms with Gasteiger partial charge in [0.15, 0.2) is 0 Å². The quantitative estimate of drug-likeness (QED) is 0.391. The number of piperidine rings is 1. The molecule has 0 aliphatic carbocycles. The molecule has 2 aliphatic heterocycles. The molecule has 41 heavy (non-hydrogen) atoms. The second kappa shape index (κ2) is 12.5. The lowest BCUT2D eigenvalue weighted by atomic mass is 10.0. The molecule has 0 radical (unpaired) electrons. The Balaban J connectivity index is 1.23. The van der Waals surface area contributed by atoms with E-state index < -0.39 is 0 Å². The predicted octanol–water partition coefficient (Wildman–Crippen LogP) is 5.09. The first-order valence-corrected chi connectivity index (χ1v) is 14.5. The van der Waals surface area contributed by atoms with Crippen LogP contribution in [0.2, 0.25) is 0 Å². The third-order valence-electron chi connectivity index (χ3n) is 7.64. The molecule has 0 bridgehead atoms. The van der Waals surface area contributed by atoms with Crippen LogP contribution < -0.4 is 15.0 Å². The summed E-state index contributed by atoms with van der Waals surface area (Å²) in [6.45, 7) is 6.24. The molecule has 2 aliphatic rings. The third-order valence-corrected chi connectivity index (χ3v) is 7.64. The van der Waals surface area contributed by atoms with E-state index in [-0.39, 0.29) is 17.9 Å². The van der Waals surface area contributed by atoms with Crippen LogP contribution in [0.25, 0.3) is 17.3 Å². The highest BCUT2D eigenvalue weighted by Crippen LogP contribution is 2.41.